The van der Waals surface area contributed by atoms with Crippen LogP contribution in [0.4, 0.5) is 5.69 Å². The van der Waals surface area contributed by atoms with Crippen molar-refractivity contribution in [3.05, 3.63) is 102 Å². The summed E-state index contributed by atoms with van der Waals surface area (Å²) >= 11 is 0. The first kappa shape index (κ1) is 24.4. The Balaban J connectivity index is 1.32. The minimum atomic E-state index is -0.268. The lowest BCUT2D eigenvalue weighted by atomic mass is 9.84. The number of aryl methyl sites for hydroxylation is 1. The van der Waals surface area contributed by atoms with Crippen LogP contribution in [0.5, 0.6) is 0 Å². The highest BCUT2D eigenvalue weighted by molar-refractivity contribution is 6.05. The Hall–Kier alpha value is -4.26. The molecule has 4 aromatic rings. The summed E-state index contributed by atoms with van der Waals surface area (Å²) in [5, 5.41) is 6.03. The van der Waals surface area contributed by atoms with E-state index in [-0.39, 0.29) is 24.3 Å². The normalized spacial score (nSPS) is 14.3. The van der Waals surface area contributed by atoms with Crippen LogP contribution >= 0.6 is 0 Å². The molecule has 1 aliphatic carbocycles. The second-order valence-corrected chi connectivity index (χ2v) is 9.41. The second-order valence-electron chi connectivity index (χ2n) is 9.41. The molecular weight excluding hydrogens is 464 g/mol. The molecule has 0 saturated heterocycles. The Kier molecular flexibility index (Phi) is 7.40. The number of hydrogen-bond acceptors (Lipinski definition) is 5. The Morgan fingerprint density at radius 1 is 1.00 bits per heavy atom. The van der Waals surface area contributed by atoms with Crippen molar-refractivity contribution >= 4 is 17.5 Å². The third kappa shape index (κ3) is 5.61. The third-order valence-corrected chi connectivity index (χ3v) is 6.96. The maximum absolute atomic E-state index is 13.4. The molecule has 1 fully saturated rings. The number of rotatable bonds is 8. The summed E-state index contributed by atoms with van der Waals surface area (Å²) in [6.45, 7) is 2.11. The smallest absolute Gasteiger partial charge is 0.257 e. The molecule has 0 spiro atoms. The molecule has 0 bridgehead atoms. The zero-order chi connectivity index (χ0) is 25.6. The number of carbonyl (C=O) groups is 2. The van der Waals surface area contributed by atoms with Gasteiger partial charge in [0.1, 0.15) is 11.5 Å². The monoisotopic (exact) mass is 494 g/mol. The molecule has 1 saturated carbocycles. The van der Waals surface area contributed by atoms with E-state index in [1.807, 2.05) is 55.5 Å². The zero-order valence-electron chi connectivity index (χ0n) is 20.8. The fourth-order valence-corrected chi connectivity index (χ4v) is 5.05. The maximum Gasteiger partial charge on any atom is 0.257 e. The number of nitrogens with one attached hydrogen (secondary N) is 2. The molecular formula is C30H30N4O3. The van der Waals surface area contributed by atoms with Crippen molar-refractivity contribution in [2.24, 2.45) is 5.92 Å². The molecule has 188 valence electrons. The summed E-state index contributed by atoms with van der Waals surface area (Å²) in [5.41, 5.74) is 3.42. The highest BCUT2D eigenvalue weighted by Crippen LogP contribution is 2.37. The van der Waals surface area contributed by atoms with Gasteiger partial charge in [-0.1, -0.05) is 55.3 Å². The van der Waals surface area contributed by atoms with Gasteiger partial charge in [-0.3, -0.25) is 14.6 Å². The minimum absolute atomic E-state index is 0.0196. The Bertz CT molecular complexity index is 1360. The van der Waals surface area contributed by atoms with Crippen LogP contribution in [0.25, 0.3) is 11.5 Å². The second kappa shape index (κ2) is 11.2. The predicted molar refractivity (Wildman–Crippen MR) is 142 cm³/mol. The Labute approximate surface area is 216 Å². The van der Waals surface area contributed by atoms with E-state index in [0.29, 0.717) is 40.1 Å². The standard InChI is InChI=1S/C30H30N4O3/c1-20-26(19-32-29(36)27(22-12-5-6-13-22)21-10-3-2-4-11-21)34-30(37-20)24-15-7-8-16-25(24)33-28(35)23-14-9-17-31-18-23/h2-4,7-11,14-18,22,27H,5-6,12-13,19H2,1H3,(H,32,36)(H,33,35). The number of para-hydroxylation sites is 1. The molecule has 7 nitrogen and oxygen atoms in total. The van der Waals surface area contributed by atoms with Gasteiger partial charge in [0.15, 0.2) is 0 Å². The lowest BCUT2D eigenvalue weighted by molar-refractivity contribution is -0.123. The predicted octanol–water partition coefficient (Wildman–Crippen LogP) is 5.89. The van der Waals surface area contributed by atoms with Gasteiger partial charge in [0.25, 0.3) is 5.91 Å². The van der Waals surface area contributed by atoms with Gasteiger partial charge < -0.3 is 15.1 Å². The summed E-state index contributed by atoms with van der Waals surface area (Å²) < 4.78 is 5.98. The van der Waals surface area contributed by atoms with Gasteiger partial charge in [0.05, 0.1) is 29.3 Å². The fourth-order valence-electron chi connectivity index (χ4n) is 5.05. The van der Waals surface area contributed by atoms with Crippen molar-refractivity contribution in [1.82, 2.24) is 15.3 Å². The molecule has 0 aliphatic heterocycles. The van der Waals surface area contributed by atoms with Gasteiger partial charge in [-0.2, -0.15) is 0 Å². The first-order chi connectivity index (χ1) is 18.1. The van der Waals surface area contributed by atoms with Crippen LogP contribution in [0.2, 0.25) is 0 Å². The quantitative estimate of drug-likeness (QED) is 0.318. The van der Waals surface area contributed by atoms with Crippen LogP contribution in [0.1, 0.15) is 59.0 Å². The van der Waals surface area contributed by atoms with Gasteiger partial charge in [-0.15, -0.1) is 0 Å². The van der Waals surface area contributed by atoms with Crippen LogP contribution in [0, 0.1) is 12.8 Å². The molecule has 0 radical (unpaired) electrons. The molecule has 5 rings (SSSR count). The van der Waals surface area contributed by atoms with E-state index in [1.54, 1.807) is 24.4 Å². The Morgan fingerprint density at radius 3 is 2.51 bits per heavy atom. The Morgan fingerprint density at radius 2 is 1.76 bits per heavy atom. The number of anilines is 1. The number of oxazole rings is 1. The number of nitrogens with zero attached hydrogens (tertiary/aromatic N) is 2. The lowest BCUT2D eigenvalue weighted by Gasteiger charge is -2.23. The number of pyridine rings is 1. The van der Waals surface area contributed by atoms with Crippen LogP contribution in [-0.2, 0) is 11.3 Å². The first-order valence-electron chi connectivity index (χ1n) is 12.7. The summed E-state index contributed by atoms with van der Waals surface area (Å²) in [5.74, 6) is 0.951. The van der Waals surface area contributed by atoms with Gasteiger partial charge in [0.2, 0.25) is 11.8 Å². The lowest BCUT2D eigenvalue weighted by Crippen LogP contribution is -2.32. The van der Waals surface area contributed by atoms with Gasteiger partial charge in [0, 0.05) is 12.4 Å². The first-order valence-corrected chi connectivity index (χ1v) is 12.7. The summed E-state index contributed by atoms with van der Waals surface area (Å²) in [7, 11) is 0. The number of hydrogen-bond donors (Lipinski definition) is 2. The molecule has 1 atom stereocenters. The highest BCUT2D eigenvalue weighted by atomic mass is 16.4. The maximum atomic E-state index is 13.4. The number of amides is 2. The number of benzene rings is 2. The molecule has 2 aromatic heterocycles. The number of aromatic nitrogens is 2. The van der Waals surface area contributed by atoms with Crippen molar-refractivity contribution in [2.75, 3.05) is 5.32 Å². The highest BCUT2D eigenvalue weighted by Gasteiger charge is 2.32. The third-order valence-electron chi connectivity index (χ3n) is 6.96. The summed E-state index contributed by atoms with van der Waals surface area (Å²) in [6, 6.07) is 20.8. The van der Waals surface area contributed by atoms with Crippen LogP contribution < -0.4 is 10.6 Å². The van der Waals surface area contributed by atoms with Gasteiger partial charge in [-0.05, 0) is 55.5 Å². The molecule has 2 amide bonds. The summed E-state index contributed by atoms with van der Waals surface area (Å²) in [4.78, 5) is 34.8. The molecule has 2 heterocycles. The van der Waals surface area contributed by atoms with E-state index in [2.05, 4.69) is 20.6 Å². The average molecular weight is 495 g/mol. The van der Waals surface area contributed by atoms with E-state index < -0.39 is 0 Å². The molecule has 2 N–H and O–H groups in total. The zero-order valence-corrected chi connectivity index (χ0v) is 20.8. The average Bonchev–Trinajstić information content (AvgIpc) is 3.59. The molecule has 1 aliphatic rings. The van der Waals surface area contributed by atoms with E-state index in [9.17, 15) is 9.59 Å². The van der Waals surface area contributed by atoms with E-state index in [4.69, 9.17) is 4.42 Å². The number of carbonyl (C=O) groups excluding carboxylic acids is 2. The largest absolute Gasteiger partial charge is 0.441 e. The molecule has 2 aromatic carbocycles. The minimum Gasteiger partial charge on any atom is -0.441 e. The van der Waals surface area contributed by atoms with Crippen molar-refractivity contribution < 1.29 is 14.0 Å². The molecule has 7 heteroatoms. The molecule has 37 heavy (non-hydrogen) atoms. The van der Waals surface area contributed by atoms with Crippen LogP contribution in [0.15, 0.2) is 83.5 Å². The topological polar surface area (TPSA) is 97.1 Å². The van der Waals surface area contributed by atoms with Crippen molar-refractivity contribution in [3.63, 3.8) is 0 Å². The van der Waals surface area contributed by atoms with Gasteiger partial charge >= 0.3 is 0 Å². The van der Waals surface area contributed by atoms with Crippen LogP contribution in [-0.4, -0.2) is 21.8 Å². The van der Waals surface area contributed by atoms with E-state index >= 15 is 0 Å². The van der Waals surface area contributed by atoms with Crippen molar-refractivity contribution in [1.29, 1.82) is 0 Å². The van der Waals surface area contributed by atoms with Crippen molar-refractivity contribution in [2.45, 2.75) is 45.1 Å². The molecule has 1 unspecified atom stereocenters. The van der Waals surface area contributed by atoms with Crippen molar-refractivity contribution in [3.8, 4) is 11.5 Å². The summed E-state index contributed by atoms with van der Waals surface area (Å²) in [6.07, 6.45) is 7.62. The van der Waals surface area contributed by atoms with E-state index in [0.717, 1.165) is 18.4 Å². The SMILES string of the molecule is Cc1oc(-c2ccccc2NC(=O)c2cccnc2)nc1CNC(=O)C(c1ccccc1)C1CCCC1. The van der Waals surface area contributed by atoms with E-state index in [1.165, 1.54) is 19.0 Å². The fraction of sp³-hybridized carbons (Fsp3) is 0.267. The van der Waals surface area contributed by atoms with Gasteiger partial charge in [-0.25, -0.2) is 4.98 Å². The van der Waals surface area contributed by atoms with Crippen LogP contribution in [0.3, 0.4) is 0 Å².